The maximum atomic E-state index is 12.2. The topological polar surface area (TPSA) is 63.2 Å². The van der Waals surface area contributed by atoms with Crippen LogP contribution >= 0.6 is 11.8 Å². The first kappa shape index (κ1) is 16.2. The summed E-state index contributed by atoms with van der Waals surface area (Å²) in [4.78, 5) is 11.4. The molecule has 0 radical (unpaired) electrons. The van der Waals surface area contributed by atoms with Crippen LogP contribution in [0.2, 0.25) is 0 Å². The fourth-order valence-corrected chi connectivity index (χ4v) is 3.80. The molecular weight excluding hydrogens is 282 g/mol. The first-order valence-corrected chi connectivity index (χ1v) is 8.90. The molecule has 1 rings (SSSR count). The number of rotatable bonds is 7. The third kappa shape index (κ3) is 4.63. The van der Waals surface area contributed by atoms with Gasteiger partial charge in [0.1, 0.15) is 0 Å². The van der Waals surface area contributed by atoms with E-state index in [-0.39, 0.29) is 16.7 Å². The molecule has 0 saturated carbocycles. The highest BCUT2D eigenvalue weighted by atomic mass is 32.2. The molecule has 0 aliphatic rings. The second-order valence-corrected chi connectivity index (χ2v) is 6.89. The lowest BCUT2D eigenvalue weighted by molar-refractivity contribution is 0.101. The van der Waals surface area contributed by atoms with Crippen LogP contribution in [0.4, 0.5) is 0 Å². The van der Waals surface area contributed by atoms with Gasteiger partial charge in [0.05, 0.1) is 4.90 Å². The Morgan fingerprint density at radius 3 is 2.63 bits per heavy atom. The molecule has 0 fully saturated rings. The first-order chi connectivity index (χ1) is 8.90. The Morgan fingerprint density at radius 1 is 1.42 bits per heavy atom. The smallest absolute Gasteiger partial charge is 0.240 e. The lowest BCUT2D eigenvalue weighted by Crippen LogP contribution is -2.36. The highest BCUT2D eigenvalue weighted by Crippen LogP contribution is 2.14. The van der Waals surface area contributed by atoms with Crippen LogP contribution < -0.4 is 4.72 Å². The molecule has 0 aliphatic heterocycles. The average molecular weight is 301 g/mol. The van der Waals surface area contributed by atoms with Gasteiger partial charge in [-0.15, -0.1) is 0 Å². The highest BCUT2D eigenvalue weighted by Gasteiger charge is 2.19. The van der Waals surface area contributed by atoms with Crippen molar-refractivity contribution in [1.82, 2.24) is 4.72 Å². The SMILES string of the molecule is CCC(CSC)NS(=O)(=O)c1cccc(C(C)=O)c1. The molecule has 19 heavy (non-hydrogen) atoms. The van der Waals surface area contributed by atoms with Crippen molar-refractivity contribution in [3.8, 4) is 0 Å². The molecular formula is C13H19NO3S2. The van der Waals surface area contributed by atoms with Crippen LogP contribution in [-0.4, -0.2) is 32.3 Å². The summed E-state index contributed by atoms with van der Waals surface area (Å²) in [6.07, 6.45) is 2.67. The van der Waals surface area contributed by atoms with Gasteiger partial charge in [-0.05, 0) is 31.7 Å². The van der Waals surface area contributed by atoms with E-state index in [1.807, 2.05) is 13.2 Å². The van der Waals surface area contributed by atoms with Crippen molar-refractivity contribution in [3.05, 3.63) is 29.8 Å². The van der Waals surface area contributed by atoms with E-state index in [2.05, 4.69) is 4.72 Å². The number of hydrogen-bond acceptors (Lipinski definition) is 4. The summed E-state index contributed by atoms with van der Waals surface area (Å²) in [5.74, 6) is 0.579. The Kier molecular flexibility index (Phi) is 6.03. The fourth-order valence-electron chi connectivity index (χ4n) is 1.61. The molecule has 4 nitrogen and oxygen atoms in total. The van der Waals surface area contributed by atoms with E-state index < -0.39 is 10.0 Å². The second kappa shape index (κ2) is 7.07. The van der Waals surface area contributed by atoms with Crippen LogP contribution in [0, 0.1) is 0 Å². The van der Waals surface area contributed by atoms with E-state index >= 15 is 0 Å². The zero-order chi connectivity index (χ0) is 14.5. The molecule has 0 spiro atoms. The number of hydrogen-bond donors (Lipinski definition) is 1. The molecule has 106 valence electrons. The van der Waals surface area contributed by atoms with E-state index in [4.69, 9.17) is 0 Å². The average Bonchev–Trinajstić information content (AvgIpc) is 2.38. The normalized spacial score (nSPS) is 13.2. The van der Waals surface area contributed by atoms with Crippen LogP contribution in [0.5, 0.6) is 0 Å². The van der Waals surface area contributed by atoms with Gasteiger partial charge in [0.2, 0.25) is 10.0 Å². The van der Waals surface area contributed by atoms with E-state index in [1.54, 1.807) is 23.9 Å². The number of carbonyl (C=O) groups excluding carboxylic acids is 1. The molecule has 0 aromatic heterocycles. The van der Waals surface area contributed by atoms with Gasteiger partial charge in [-0.25, -0.2) is 13.1 Å². The summed E-state index contributed by atoms with van der Waals surface area (Å²) in [5, 5.41) is 0. The summed E-state index contributed by atoms with van der Waals surface area (Å²) in [6.45, 7) is 3.36. The monoisotopic (exact) mass is 301 g/mol. The number of nitrogens with one attached hydrogen (secondary N) is 1. The van der Waals surface area contributed by atoms with Crippen molar-refractivity contribution in [1.29, 1.82) is 0 Å². The molecule has 1 atom stereocenters. The van der Waals surface area contributed by atoms with Gasteiger partial charge in [-0.2, -0.15) is 11.8 Å². The van der Waals surface area contributed by atoms with Gasteiger partial charge in [0.25, 0.3) is 0 Å². The van der Waals surface area contributed by atoms with Crippen molar-refractivity contribution in [2.75, 3.05) is 12.0 Å². The van der Waals surface area contributed by atoms with Gasteiger partial charge in [-0.3, -0.25) is 4.79 Å². The molecule has 1 aromatic carbocycles. The molecule has 0 bridgehead atoms. The van der Waals surface area contributed by atoms with E-state index in [9.17, 15) is 13.2 Å². The van der Waals surface area contributed by atoms with Crippen LogP contribution in [0.1, 0.15) is 30.6 Å². The van der Waals surface area contributed by atoms with Crippen LogP contribution in [0.3, 0.4) is 0 Å². The number of sulfonamides is 1. The number of Topliss-reactive ketones (excluding diaryl/α,β-unsaturated/α-hetero) is 1. The van der Waals surface area contributed by atoms with Gasteiger partial charge in [0, 0.05) is 17.4 Å². The molecule has 1 aromatic rings. The predicted octanol–water partition coefficient (Wildman–Crippen LogP) is 2.31. The minimum atomic E-state index is -3.57. The van der Waals surface area contributed by atoms with Crippen LogP contribution in [-0.2, 0) is 10.0 Å². The molecule has 0 saturated heterocycles. The number of ketones is 1. The van der Waals surface area contributed by atoms with Crippen molar-refractivity contribution >= 4 is 27.6 Å². The largest absolute Gasteiger partial charge is 0.295 e. The van der Waals surface area contributed by atoms with Crippen LogP contribution in [0.15, 0.2) is 29.2 Å². The zero-order valence-electron chi connectivity index (χ0n) is 11.3. The lowest BCUT2D eigenvalue weighted by Gasteiger charge is -2.16. The van der Waals surface area contributed by atoms with Crippen molar-refractivity contribution < 1.29 is 13.2 Å². The van der Waals surface area contributed by atoms with Crippen molar-refractivity contribution in [3.63, 3.8) is 0 Å². The Hall–Kier alpha value is -0.850. The summed E-state index contributed by atoms with van der Waals surface area (Å²) >= 11 is 1.60. The third-order valence-corrected chi connectivity index (χ3v) is 4.99. The number of benzene rings is 1. The molecule has 1 unspecified atom stereocenters. The third-order valence-electron chi connectivity index (χ3n) is 2.73. The molecule has 1 N–H and O–H groups in total. The summed E-state index contributed by atoms with van der Waals surface area (Å²) in [5.41, 5.74) is 0.404. The Labute approximate surface area is 119 Å². The minimum absolute atomic E-state index is 0.0963. The Balaban J connectivity index is 2.99. The zero-order valence-corrected chi connectivity index (χ0v) is 13.0. The maximum absolute atomic E-state index is 12.2. The summed E-state index contributed by atoms with van der Waals surface area (Å²) in [6, 6.07) is 6.01. The molecule has 6 heteroatoms. The van der Waals surface area contributed by atoms with Crippen LogP contribution in [0.25, 0.3) is 0 Å². The number of thioether (sulfide) groups is 1. The highest BCUT2D eigenvalue weighted by molar-refractivity contribution is 7.98. The second-order valence-electron chi connectivity index (χ2n) is 4.27. The fraction of sp³-hybridized carbons (Fsp3) is 0.462. The van der Waals surface area contributed by atoms with Crippen molar-refractivity contribution in [2.24, 2.45) is 0 Å². The van der Waals surface area contributed by atoms with E-state index in [0.717, 1.165) is 12.2 Å². The quantitative estimate of drug-likeness (QED) is 0.785. The van der Waals surface area contributed by atoms with Gasteiger partial charge in [0.15, 0.2) is 5.78 Å². The lowest BCUT2D eigenvalue weighted by atomic mass is 10.2. The van der Waals surface area contributed by atoms with Crippen molar-refractivity contribution in [2.45, 2.75) is 31.2 Å². The Morgan fingerprint density at radius 2 is 2.11 bits per heavy atom. The molecule has 0 heterocycles. The predicted molar refractivity (Wildman–Crippen MR) is 79.2 cm³/mol. The minimum Gasteiger partial charge on any atom is -0.295 e. The summed E-state index contributed by atoms with van der Waals surface area (Å²) < 4.78 is 27.1. The summed E-state index contributed by atoms with van der Waals surface area (Å²) in [7, 11) is -3.57. The maximum Gasteiger partial charge on any atom is 0.240 e. The van der Waals surface area contributed by atoms with Gasteiger partial charge >= 0.3 is 0 Å². The molecule has 0 amide bonds. The molecule has 0 aliphatic carbocycles. The standard InChI is InChI=1S/C13H19NO3S2/c1-4-12(9-18-3)14-19(16,17)13-7-5-6-11(8-13)10(2)15/h5-8,12,14H,4,9H2,1-3H3. The first-order valence-electron chi connectivity index (χ1n) is 6.03. The van der Waals surface area contributed by atoms with E-state index in [1.165, 1.54) is 19.1 Å². The van der Waals surface area contributed by atoms with Gasteiger partial charge in [-0.1, -0.05) is 19.1 Å². The number of carbonyl (C=O) groups is 1. The Bertz CT molecular complexity index is 541. The van der Waals surface area contributed by atoms with Gasteiger partial charge < -0.3 is 0 Å². The van der Waals surface area contributed by atoms with E-state index in [0.29, 0.717) is 5.56 Å².